The maximum atomic E-state index is 9.88. The van der Waals surface area contributed by atoms with Crippen molar-refractivity contribution in [1.29, 1.82) is 0 Å². The minimum absolute atomic E-state index is 0.387. The molecule has 0 bridgehead atoms. The van der Waals surface area contributed by atoms with Crippen molar-refractivity contribution in [3.63, 3.8) is 0 Å². The van der Waals surface area contributed by atoms with E-state index in [2.05, 4.69) is 38.1 Å². The molecule has 0 saturated heterocycles. The molecule has 1 nitrogen and oxygen atoms in total. The third-order valence-corrected chi connectivity index (χ3v) is 5.59. The Hall–Kier alpha value is -1.19. The molecule has 0 atom stereocenters. The van der Waals surface area contributed by atoms with Crippen LogP contribution in [0.2, 0.25) is 0 Å². The first-order valence-corrected chi connectivity index (χ1v) is 8.05. The molecule has 0 amide bonds. The Bertz CT molecular complexity index is 566. The molecule has 0 spiro atoms. The van der Waals surface area contributed by atoms with Gasteiger partial charge in [0.05, 0.1) is 0 Å². The number of phenolic OH excluding ortho intramolecular Hbond substituents is 1. The van der Waals surface area contributed by atoms with Crippen LogP contribution in [0.1, 0.15) is 11.1 Å². The summed E-state index contributed by atoms with van der Waals surface area (Å²) >= 11 is 1.61. The molecule has 2 rings (SSSR count). The van der Waals surface area contributed by atoms with E-state index in [1.165, 1.54) is 21.5 Å². The van der Waals surface area contributed by atoms with Crippen molar-refractivity contribution in [2.45, 2.75) is 18.7 Å². The summed E-state index contributed by atoms with van der Waals surface area (Å²) < 4.78 is 0. The van der Waals surface area contributed by atoms with Crippen molar-refractivity contribution < 1.29 is 5.11 Å². The zero-order valence-electron chi connectivity index (χ0n) is 10.8. The topological polar surface area (TPSA) is 20.2 Å². The molecule has 3 heteroatoms. The maximum Gasteiger partial charge on any atom is 0.128 e. The summed E-state index contributed by atoms with van der Waals surface area (Å²) in [5.74, 6) is 0.387. The van der Waals surface area contributed by atoms with Crippen LogP contribution >= 0.6 is 11.8 Å². The molecule has 0 heterocycles. The lowest BCUT2D eigenvalue weighted by Crippen LogP contribution is -2.30. The molecule has 0 aliphatic carbocycles. The molecule has 0 aliphatic rings. The van der Waals surface area contributed by atoms with Gasteiger partial charge in [0.25, 0.3) is 0 Å². The zero-order chi connectivity index (χ0) is 13.1. The lowest BCUT2D eigenvalue weighted by molar-refractivity contribution is 0.463. The van der Waals surface area contributed by atoms with E-state index in [0.717, 1.165) is 4.90 Å². The van der Waals surface area contributed by atoms with Crippen molar-refractivity contribution >= 4 is 31.7 Å². The second-order valence-electron chi connectivity index (χ2n) is 4.23. The van der Waals surface area contributed by atoms with Gasteiger partial charge in [0.1, 0.15) is 15.3 Å². The molecule has 18 heavy (non-hydrogen) atoms. The van der Waals surface area contributed by atoms with Gasteiger partial charge in [0, 0.05) is 4.90 Å². The van der Waals surface area contributed by atoms with Gasteiger partial charge in [-0.2, -0.15) is 0 Å². The highest BCUT2D eigenvalue weighted by Gasteiger charge is 2.10. The third-order valence-electron chi connectivity index (χ3n) is 3.07. The molecule has 2 aromatic rings. The van der Waals surface area contributed by atoms with Crippen LogP contribution in [-0.2, 0) is 0 Å². The molecule has 0 fully saturated rings. The summed E-state index contributed by atoms with van der Waals surface area (Å²) in [6.45, 7) is 4.31. The number of benzene rings is 2. The van der Waals surface area contributed by atoms with E-state index < -0.39 is 0 Å². The minimum atomic E-state index is 0.387. The number of phenols is 1. The SMILES string of the molecule is CSc1c(O)cccc1[Si]c1cccc(C)c1C. The van der Waals surface area contributed by atoms with Crippen LogP contribution in [0.3, 0.4) is 0 Å². The molecule has 2 radical (unpaired) electrons. The van der Waals surface area contributed by atoms with Gasteiger partial charge in [-0.15, -0.1) is 11.8 Å². The Morgan fingerprint density at radius 1 is 1.00 bits per heavy atom. The van der Waals surface area contributed by atoms with E-state index in [-0.39, 0.29) is 0 Å². The van der Waals surface area contributed by atoms with Gasteiger partial charge >= 0.3 is 0 Å². The summed E-state index contributed by atoms with van der Waals surface area (Å²) in [4.78, 5) is 0.997. The van der Waals surface area contributed by atoms with Crippen LogP contribution in [0, 0.1) is 13.8 Å². The van der Waals surface area contributed by atoms with Crippen LogP contribution in [0.5, 0.6) is 5.75 Å². The fraction of sp³-hybridized carbons (Fsp3) is 0.200. The first-order valence-electron chi connectivity index (χ1n) is 5.82. The molecule has 0 saturated carbocycles. The van der Waals surface area contributed by atoms with E-state index in [0.29, 0.717) is 15.3 Å². The Morgan fingerprint density at radius 3 is 2.39 bits per heavy atom. The summed E-state index contributed by atoms with van der Waals surface area (Å²) in [6, 6.07) is 12.2. The highest BCUT2D eigenvalue weighted by Crippen LogP contribution is 2.23. The quantitative estimate of drug-likeness (QED) is 0.684. The van der Waals surface area contributed by atoms with Crippen LogP contribution in [0.4, 0.5) is 0 Å². The van der Waals surface area contributed by atoms with Crippen LogP contribution in [0.25, 0.3) is 0 Å². The molecule has 0 aliphatic heterocycles. The van der Waals surface area contributed by atoms with Gasteiger partial charge in [-0.1, -0.05) is 35.5 Å². The predicted molar refractivity (Wildman–Crippen MR) is 80.8 cm³/mol. The molecule has 1 N–H and O–H groups in total. The van der Waals surface area contributed by atoms with Crippen LogP contribution in [0.15, 0.2) is 41.3 Å². The van der Waals surface area contributed by atoms with E-state index in [1.807, 2.05) is 12.3 Å². The highest BCUT2D eigenvalue weighted by molar-refractivity contribution is 7.99. The smallest absolute Gasteiger partial charge is 0.128 e. The van der Waals surface area contributed by atoms with Gasteiger partial charge in [0.15, 0.2) is 0 Å². The van der Waals surface area contributed by atoms with Gasteiger partial charge in [-0.3, -0.25) is 0 Å². The predicted octanol–water partition coefficient (Wildman–Crippen LogP) is 2.39. The molecule has 92 valence electrons. The third kappa shape index (κ3) is 2.62. The fourth-order valence-electron chi connectivity index (χ4n) is 1.87. The van der Waals surface area contributed by atoms with E-state index in [9.17, 15) is 5.11 Å². The number of aryl methyl sites for hydroxylation is 1. The highest BCUT2D eigenvalue weighted by atomic mass is 32.2. The number of hydrogen-bond acceptors (Lipinski definition) is 2. The summed E-state index contributed by atoms with van der Waals surface area (Å²) in [5, 5.41) is 12.5. The second kappa shape index (κ2) is 5.63. The van der Waals surface area contributed by atoms with E-state index in [1.54, 1.807) is 17.8 Å². The number of hydrogen-bond donors (Lipinski definition) is 1. The fourth-order valence-corrected chi connectivity index (χ4v) is 4.17. The summed E-state index contributed by atoms with van der Waals surface area (Å²) in [6.07, 6.45) is 2.01. The van der Waals surface area contributed by atoms with Crippen molar-refractivity contribution in [3.05, 3.63) is 47.5 Å². The number of rotatable bonds is 3. The van der Waals surface area contributed by atoms with Gasteiger partial charge in [-0.05, 0) is 42.5 Å². The van der Waals surface area contributed by atoms with Gasteiger partial charge < -0.3 is 5.11 Å². The van der Waals surface area contributed by atoms with Crippen LogP contribution in [-0.4, -0.2) is 20.9 Å². The van der Waals surface area contributed by atoms with Gasteiger partial charge in [-0.25, -0.2) is 0 Å². The van der Waals surface area contributed by atoms with Crippen molar-refractivity contribution in [1.82, 2.24) is 0 Å². The Labute approximate surface area is 115 Å². The van der Waals surface area contributed by atoms with E-state index in [4.69, 9.17) is 0 Å². The normalized spacial score (nSPS) is 10.6. The van der Waals surface area contributed by atoms with Crippen molar-refractivity contribution in [3.8, 4) is 5.75 Å². The molecule has 0 aromatic heterocycles. The molecule has 2 aromatic carbocycles. The molecule has 0 unspecified atom stereocenters. The van der Waals surface area contributed by atoms with Crippen LogP contribution < -0.4 is 10.4 Å². The lowest BCUT2D eigenvalue weighted by atomic mass is 10.1. The minimum Gasteiger partial charge on any atom is -0.507 e. The summed E-state index contributed by atoms with van der Waals surface area (Å²) in [7, 11) is 0.593. The van der Waals surface area contributed by atoms with Gasteiger partial charge in [0.2, 0.25) is 0 Å². The largest absolute Gasteiger partial charge is 0.507 e. The second-order valence-corrected chi connectivity index (χ2v) is 6.37. The number of aromatic hydroxyl groups is 1. The lowest BCUT2D eigenvalue weighted by Gasteiger charge is -2.11. The average Bonchev–Trinajstić information content (AvgIpc) is 2.35. The van der Waals surface area contributed by atoms with E-state index >= 15 is 0 Å². The van der Waals surface area contributed by atoms with Crippen molar-refractivity contribution in [2.75, 3.05) is 6.26 Å². The summed E-state index contributed by atoms with van der Waals surface area (Å²) in [5.41, 5.74) is 2.68. The molecular weight excluding hydrogens is 256 g/mol. The number of thioether (sulfide) groups is 1. The Balaban J connectivity index is 2.40. The first-order chi connectivity index (χ1) is 8.63. The average molecular weight is 272 g/mol. The first kappa shape index (κ1) is 13.2. The molecular formula is C15H16OSSi. The monoisotopic (exact) mass is 272 g/mol. The van der Waals surface area contributed by atoms with Crippen molar-refractivity contribution in [2.24, 2.45) is 0 Å². The standard InChI is InChI=1S/C15H16OSSi/c1-10-6-4-8-13(11(10)2)18-14-9-5-7-12(16)15(14)17-3/h4-9,16H,1-3H3. The maximum absolute atomic E-state index is 9.88. The Morgan fingerprint density at radius 2 is 1.67 bits per heavy atom. The Kier molecular flexibility index (Phi) is 4.14. The zero-order valence-corrected chi connectivity index (χ0v) is 12.6.